The Morgan fingerprint density at radius 1 is 1.00 bits per heavy atom. The number of rotatable bonds is 5. The number of thiazole rings is 1. The zero-order chi connectivity index (χ0) is 16.4. The Hall–Kier alpha value is -2.13. The van der Waals surface area contributed by atoms with E-state index < -0.39 is 0 Å². The van der Waals surface area contributed by atoms with E-state index in [1.807, 2.05) is 11.7 Å². The van der Waals surface area contributed by atoms with Crippen molar-refractivity contribution in [3.8, 4) is 5.75 Å². The van der Waals surface area contributed by atoms with E-state index in [9.17, 15) is 0 Å². The van der Waals surface area contributed by atoms with Crippen molar-refractivity contribution in [1.29, 1.82) is 0 Å². The third kappa shape index (κ3) is 2.84. The van der Waals surface area contributed by atoms with Crippen LogP contribution in [0.2, 0.25) is 0 Å². The maximum absolute atomic E-state index is 5.86. The van der Waals surface area contributed by atoms with Crippen molar-refractivity contribution in [3.05, 3.63) is 81.8 Å². The molecule has 0 bridgehead atoms. The number of hydrogen-bond donors (Lipinski definition) is 0. The zero-order valence-electron chi connectivity index (χ0n) is 13.9. The van der Waals surface area contributed by atoms with Crippen molar-refractivity contribution in [2.75, 3.05) is 0 Å². The van der Waals surface area contributed by atoms with E-state index in [4.69, 9.17) is 4.74 Å². The lowest BCUT2D eigenvalue weighted by molar-refractivity contribution is 0.297. The highest BCUT2D eigenvalue weighted by Crippen LogP contribution is 2.49. The first-order chi connectivity index (χ1) is 11.8. The number of aryl methyl sites for hydroxylation is 1. The Morgan fingerprint density at radius 3 is 2.21 bits per heavy atom. The lowest BCUT2D eigenvalue weighted by Gasteiger charge is -2.43. The van der Waals surface area contributed by atoms with Crippen LogP contribution in [0.1, 0.15) is 40.8 Å². The highest BCUT2D eigenvalue weighted by molar-refractivity contribution is 7.09. The molecule has 1 aliphatic carbocycles. The normalized spacial score (nSPS) is 15.7. The van der Waals surface area contributed by atoms with Gasteiger partial charge in [-0.15, -0.1) is 11.3 Å². The maximum atomic E-state index is 5.86. The molecule has 0 radical (unpaired) electrons. The molecule has 0 unspecified atom stereocenters. The predicted molar refractivity (Wildman–Crippen MR) is 98.7 cm³/mol. The molecule has 122 valence electrons. The molecule has 0 atom stereocenters. The summed E-state index contributed by atoms with van der Waals surface area (Å²) in [5, 5.41) is 0. The first kappa shape index (κ1) is 15.4. The second-order valence-corrected chi connectivity index (χ2v) is 7.55. The fourth-order valence-corrected chi connectivity index (χ4v) is 3.99. The molecule has 1 saturated carbocycles. The average molecular weight is 335 g/mol. The number of ether oxygens (including phenoxy) is 1. The highest BCUT2D eigenvalue weighted by atomic mass is 32.1. The van der Waals surface area contributed by atoms with Crippen LogP contribution in [0.5, 0.6) is 5.75 Å². The van der Waals surface area contributed by atoms with Gasteiger partial charge in [0.25, 0.3) is 0 Å². The van der Waals surface area contributed by atoms with Gasteiger partial charge in [-0.1, -0.05) is 48.4 Å². The van der Waals surface area contributed by atoms with Gasteiger partial charge in [-0.2, -0.15) is 0 Å². The second-order valence-electron chi connectivity index (χ2n) is 6.58. The van der Waals surface area contributed by atoms with E-state index >= 15 is 0 Å². The van der Waals surface area contributed by atoms with Crippen LogP contribution in [0.15, 0.2) is 60.2 Å². The Kier molecular flexibility index (Phi) is 4.11. The number of benzene rings is 2. The van der Waals surface area contributed by atoms with Crippen molar-refractivity contribution in [2.45, 2.75) is 38.2 Å². The van der Waals surface area contributed by atoms with Gasteiger partial charge in [0.1, 0.15) is 12.4 Å². The number of aromatic nitrogens is 1. The zero-order valence-corrected chi connectivity index (χ0v) is 14.7. The van der Waals surface area contributed by atoms with Crippen LogP contribution >= 0.6 is 11.3 Å². The van der Waals surface area contributed by atoms with Crippen LogP contribution in [0, 0.1) is 6.92 Å². The van der Waals surface area contributed by atoms with Crippen molar-refractivity contribution in [2.24, 2.45) is 0 Å². The molecule has 24 heavy (non-hydrogen) atoms. The average Bonchev–Trinajstić information content (AvgIpc) is 3.08. The molecule has 1 aliphatic rings. The molecular formula is C21H21NOS. The SMILES string of the molecule is Cc1ccc(C2(c3ccc(OCc4cncs4)cc3)CCC2)cc1. The van der Waals surface area contributed by atoms with E-state index in [1.165, 1.54) is 36.0 Å². The minimum absolute atomic E-state index is 0.198. The van der Waals surface area contributed by atoms with Crippen LogP contribution in [0.4, 0.5) is 0 Å². The van der Waals surface area contributed by atoms with E-state index in [1.54, 1.807) is 11.3 Å². The van der Waals surface area contributed by atoms with Crippen molar-refractivity contribution >= 4 is 11.3 Å². The Morgan fingerprint density at radius 2 is 1.67 bits per heavy atom. The molecule has 0 saturated heterocycles. The van der Waals surface area contributed by atoms with Crippen molar-refractivity contribution < 1.29 is 4.74 Å². The standard InChI is InChI=1S/C21H21NOS/c1-16-3-5-17(6-4-16)21(11-2-12-21)18-7-9-19(10-8-18)23-14-20-13-22-15-24-20/h3-10,13,15H,2,11-12,14H2,1H3. The first-order valence-corrected chi connectivity index (χ1v) is 9.32. The predicted octanol–water partition coefficient (Wildman–Crippen LogP) is 5.50. The molecular weight excluding hydrogens is 314 g/mol. The fourth-order valence-electron chi connectivity index (χ4n) is 3.49. The fraction of sp³-hybridized carbons (Fsp3) is 0.286. The summed E-state index contributed by atoms with van der Waals surface area (Å²) in [5.41, 5.74) is 6.20. The summed E-state index contributed by atoms with van der Waals surface area (Å²) in [7, 11) is 0. The molecule has 1 aromatic heterocycles. The topological polar surface area (TPSA) is 22.1 Å². The molecule has 1 fully saturated rings. The van der Waals surface area contributed by atoms with Crippen LogP contribution in [0.25, 0.3) is 0 Å². The summed E-state index contributed by atoms with van der Waals surface area (Å²) in [6, 6.07) is 17.7. The van der Waals surface area contributed by atoms with Crippen molar-refractivity contribution in [1.82, 2.24) is 4.98 Å². The molecule has 0 spiro atoms. The lowest BCUT2D eigenvalue weighted by Crippen LogP contribution is -2.35. The van der Waals surface area contributed by atoms with E-state index in [-0.39, 0.29) is 5.41 Å². The quantitative estimate of drug-likeness (QED) is 0.614. The van der Waals surface area contributed by atoms with Gasteiger partial charge in [0, 0.05) is 11.6 Å². The van der Waals surface area contributed by atoms with E-state index in [2.05, 4.69) is 60.4 Å². The minimum Gasteiger partial charge on any atom is -0.488 e. The number of nitrogens with zero attached hydrogens (tertiary/aromatic N) is 1. The lowest BCUT2D eigenvalue weighted by atomic mass is 9.60. The second kappa shape index (κ2) is 6.40. The summed E-state index contributed by atoms with van der Waals surface area (Å²) in [5.74, 6) is 0.922. The molecule has 0 aliphatic heterocycles. The maximum Gasteiger partial charge on any atom is 0.124 e. The van der Waals surface area contributed by atoms with Crippen molar-refractivity contribution in [3.63, 3.8) is 0 Å². The van der Waals surface area contributed by atoms with Gasteiger partial charge >= 0.3 is 0 Å². The smallest absolute Gasteiger partial charge is 0.124 e. The molecule has 0 N–H and O–H groups in total. The third-order valence-corrected chi connectivity index (χ3v) is 5.84. The van der Waals surface area contributed by atoms with Gasteiger partial charge < -0.3 is 4.74 Å². The van der Waals surface area contributed by atoms with E-state index in [0.29, 0.717) is 6.61 Å². The largest absolute Gasteiger partial charge is 0.488 e. The van der Waals surface area contributed by atoms with Crippen LogP contribution in [-0.4, -0.2) is 4.98 Å². The molecule has 3 heteroatoms. The summed E-state index contributed by atoms with van der Waals surface area (Å²) in [6.07, 6.45) is 5.63. The van der Waals surface area contributed by atoms with Gasteiger partial charge in [0.2, 0.25) is 0 Å². The number of hydrogen-bond acceptors (Lipinski definition) is 3. The third-order valence-electron chi connectivity index (χ3n) is 5.08. The van der Waals surface area contributed by atoms with Crippen LogP contribution in [0.3, 0.4) is 0 Å². The van der Waals surface area contributed by atoms with E-state index in [0.717, 1.165) is 10.6 Å². The van der Waals surface area contributed by atoms with Crippen LogP contribution < -0.4 is 4.74 Å². The summed E-state index contributed by atoms with van der Waals surface area (Å²) >= 11 is 1.62. The first-order valence-electron chi connectivity index (χ1n) is 8.44. The van der Waals surface area contributed by atoms with Gasteiger partial charge in [0.15, 0.2) is 0 Å². The molecule has 2 nitrogen and oxygen atoms in total. The highest BCUT2D eigenvalue weighted by Gasteiger charge is 2.40. The molecule has 0 amide bonds. The Balaban J connectivity index is 1.53. The Bertz CT molecular complexity index is 787. The molecule has 1 heterocycles. The minimum atomic E-state index is 0.198. The van der Waals surface area contributed by atoms with Gasteiger partial charge in [-0.3, -0.25) is 4.98 Å². The summed E-state index contributed by atoms with van der Waals surface area (Å²) in [4.78, 5) is 5.23. The summed E-state index contributed by atoms with van der Waals surface area (Å²) < 4.78 is 5.86. The molecule has 4 rings (SSSR count). The van der Waals surface area contributed by atoms with Gasteiger partial charge in [-0.25, -0.2) is 0 Å². The summed E-state index contributed by atoms with van der Waals surface area (Å²) in [6.45, 7) is 2.74. The van der Waals surface area contributed by atoms with Gasteiger partial charge in [0.05, 0.1) is 10.4 Å². The monoisotopic (exact) mass is 335 g/mol. The Labute approximate surface area is 147 Å². The van der Waals surface area contributed by atoms with Crippen LogP contribution in [-0.2, 0) is 12.0 Å². The molecule has 2 aromatic carbocycles. The van der Waals surface area contributed by atoms with Gasteiger partial charge in [-0.05, 0) is 43.0 Å². The molecule has 3 aromatic rings.